The second-order valence-corrected chi connectivity index (χ2v) is 5.39. The summed E-state index contributed by atoms with van der Waals surface area (Å²) in [5.41, 5.74) is 0. The highest BCUT2D eigenvalue weighted by Crippen LogP contribution is 2.25. The van der Waals surface area contributed by atoms with Crippen LogP contribution in [0.25, 0.3) is 0 Å². The third-order valence-electron chi connectivity index (χ3n) is 2.13. The van der Waals surface area contributed by atoms with E-state index in [9.17, 15) is 8.42 Å². The summed E-state index contributed by atoms with van der Waals surface area (Å²) in [7, 11) is -1.59. The fraction of sp³-hybridized carbons (Fsp3) is 0.455. The molecule has 0 aromatic heterocycles. The first-order chi connectivity index (χ1) is 8.09. The topological polar surface area (TPSA) is 64.6 Å². The highest BCUT2D eigenvalue weighted by atomic mass is 32.2. The zero-order chi connectivity index (χ0) is 12.7. The number of hydrogen-bond acceptors (Lipinski definition) is 4. The normalized spacial score (nSPS) is 11.2. The summed E-state index contributed by atoms with van der Waals surface area (Å²) in [5, 5.41) is 0. The van der Waals surface area contributed by atoms with Gasteiger partial charge in [0.05, 0.1) is 12.9 Å². The summed E-state index contributed by atoms with van der Waals surface area (Å²) in [6.45, 7) is 2.09. The first-order valence-corrected chi connectivity index (χ1v) is 6.97. The minimum Gasteiger partial charge on any atom is -0.493 e. The second-order valence-electron chi connectivity index (χ2n) is 3.30. The maximum absolute atomic E-state index is 11.1. The van der Waals surface area contributed by atoms with Crippen LogP contribution in [0.2, 0.25) is 0 Å². The highest BCUT2D eigenvalue weighted by Gasteiger charge is 2.06. The van der Waals surface area contributed by atoms with Gasteiger partial charge in [0.15, 0.2) is 11.5 Å². The lowest BCUT2D eigenvalue weighted by molar-refractivity contribution is 0.299. The number of ether oxygens (including phenoxy) is 2. The van der Waals surface area contributed by atoms with Crippen molar-refractivity contribution in [1.29, 1.82) is 0 Å². The van der Waals surface area contributed by atoms with Crippen molar-refractivity contribution in [2.45, 2.75) is 6.92 Å². The predicted octanol–water partition coefficient (Wildman–Crippen LogP) is 1.01. The molecule has 0 unspecified atom stereocenters. The van der Waals surface area contributed by atoms with Crippen LogP contribution in [-0.4, -0.2) is 34.4 Å². The molecule has 5 nitrogen and oxygen atoms in total. The minimum atomic E-state index is -3.15. The zero-order valence-electron chi connectivity index (χ0n) is 9.97. The molecule has 0 radical (unpaired) electrons. The molecule has 0 aliphatic heterocycles. The molecule has 17 heavy (non-hydrogen) atoms. The van der Waals surface area contributed by atoms with Crippen molar-refractivity contribution < 1.29 is 17.9 Å². The van der Waals surface area contributed by atoms with Crippen molar-refractivity contribution in [3.63, 3.8) is 0 Å². The van der Waals surface area contributed by atoms with E-state index in [0.29, 0.717) is 11.5 Å². The number of methoxy groups -OCH3 is 1. The Morgan fingerprint density at radius 3 is 2.47 bits per heavy atom. The third kappa shape index (κ3) is 4.62. The molecule has 1 rings (SSSR count). The molecular formula is C11H17NO4S. The first-order valence-electron chi connectivity index (χ1n) is 5.32. The lowest BCUT2D eigenvalue weighted by Gasteiger charge is -2.10. The van der Waals surface area contributed by atoms with E-state index in [1.807, 2.05) is 12.1 Å². The Hall–Kier alpha value is -1.27. The Morgan fingerprint density at radius 2 is 1.88 bits per heavy atom. The van der Waals surface area contributed by atoms with E-state index in [4.69, 9.17) is 9.47 Å². The molecule has 0 atom stereocenters. The summed E-state index contributed by atoms with van der Waals surface area (Å²) in [6.07, 6.45) is 0. The van der Waals surface area contributed by atoms with E-state index >= 15 is 0 Å². The number of sulfonamides is 1. The van der Waals surface area contributed by atoms with Crippen LogP contribution in [0.3, 0.4) is 0 Å². The van der Waals surface area contributed by atoms with Crippen LogP contribution in [0, 0.1) is 0 Å². The molecule has 0 bridgehead atoms. The molecule has 0 amide bonds. The number of benzene rings is 1. The van der Waals surface area contributed by atoms with Crippen LogP contribution in [0.15, 0.2) is 24.3 Å². The molecular weight excluding hydrogens is 242 g/mol. The van der Waals surface area contributed by atoms with Gasteiger partial charge >= 0.3 is 0 Å². The van der Waals surface area contributed by atoms with Crippen molar-refractivity contribution in [3.8, 4) is 11.5 Å². The minimum absolute atomic E-state index is 0.0711. The van der Waals surface area contributed by atoms with Crippen LogP contribution in [0.4, 0.5) is 0 Å². The summed E-state index contributed by atoms with van der Waals surface area (Å²) >= 11 is 0. The Balaban J connectivity index is 2.41. The quantitative estimate of drug-likeness (QED) is 0.742. The van der Waals surface area contributed by atoms with E-state index < -0.39 is 10.0 Å². The van der Waals surface area contributed by atoms with Gasteiger partial charge < -0.3 is 9.47 Å². The van der Waals surface area contributed by atoms with Gasteiger partial charge in [0.25, 0.3) is 0 Å². The maximum atomic E-state index is 11.1. The second kappa shape index (κ2) is 6.46. The summed E-state index contributed by atoms with van der Waals surface area (Å²) < 4.78 is 35.2. The number of para-hydroxylation sites is 2. The maximum Gasteiger partial charge on any atom is 0.211 e. The molecule has 0 heterocycles. The Morgan fingerprint density at radius 1 is 1.24 bits per heavy atom. The van der Waals surface area contributed by atoms with Gasteiger partial charge in [0, 0.05) is 6.54 Å². The van der Waals surface area contributed by atoms with Crippen LogP contribution in [-0.2, 0) is 10.0 Å². The SMILES string of the molecule is CCS(=O)(=O)NCCOc1ccccc1OC. The molecule has 0 fully saturated rings. The van der Waals surface area contributed by atoms with Crippen molar-refractivity contribution >= 4 is 10.0 Å². The Kier molecular flexibility index (Phi) is 5.24. The van der Waals surface area contributed by atoms with Gasteiger partial charge in [0.2, 0.25) is 10.0 Å². The molecule has 0 saturated carbocycles. The summed E-state index contributed by atoms with van der Waals surface area (Å²) in [5.74, 6) is 1.30. The first kappa shape index (κ1) is 13.8. The lowest BCUT2D eigenvalue weighted by Crippen LogP contribution is -2.29. The Bertz CT molecular complexity index is 445. The summed E-state index contributed by atoms with van der Waals surface area (Å²) in [6, 6.07) is 7.22. The molecule has 6 heteroatoms. The number of rotatable bonds is 7. The largest absolute Gasteiger partial charge is 0.493 e. The van der Waals surface area contributed by atoms with Gasteiger partial charge in [-0.05, 0) is 19.1 Å². The molecule has 1 N–H and O–H groups in total. The molecule has 0 aliphatic rings. The van der Waals surface area contributed by atoms with Crippen LogP contribution in [0.5, 0.6) is 11.5 Å². The predicted molar refractivity (Wildman–Crippen MR) is 66.0 cm³/mol. The van der Waals surface area contributed by atoms with Gasteiger partial charge in [0.1, 0.15) is 6.61 Å². The van der Waals surface area contributed by atoms with Gasteiger partial charge in [-0.3, -0.25) is 0 Å². The molecule has 1 aromatic rings. The molecule has 96 valence electrons. The lowest BCUT2D eigenvalue weighted by atomic mass is 10.3. The van der Waals surface area contributed by atoms with Crippen LogP contribution < -0.4 is 14.2 Å². The molecule has 0 saturated heterocycles. The van der Waals surface area contributed by atoms with Gasteiger partial charge in [-0.15, -0.1) is 0 Å². The molecule has 0 aliphatic carbocycles. The zero-order valence-corrected chi connectivity index (χ0v) is 10.8. The third-order valence-corrected chi connectivity index (χ3v) is 3.53. The van der Waals surface area contributed by atoms with Crippen molar-refractivity contribution in [1.82, 2.24) is 4.72 Å². The van der Waals surface area contributed by atoms with Crippen molar-refractivity contribution in [2.75, 3.05) is 26.0 Å². The van der Waals surface area contributed by atoms with E-state index in [-0.39, 0.29) is 18.9 Å². The average Bonchev–Trinajstić information content (AvgIpc) is 2.35. The number of hydrogen-bond donors (Lipinski definition) is 1. The fourth-order valence-corrected chi connectivity index (χ4v) is 1.80. The average molecular weight is 259 g/mol. The van der Waals surface area contributed by atoms with E-state index in [1.54, 1.807) is 26.2 Å². The monoisotopic (exact) mass is 259 g/mol. The smallest absolute Gasteiger partial charge is 0.211 e. The molecule has 1 aromatic carbocycles. The van der Waals surface area contributed by atoms with E-state index in [2.05, 4.69) is 4.72 Å². The van der Waals surface area contributed by atoms with Gasteiger partial charge in [-0.2, -0.15) is 0 Å². The van der Waals surface area contributed by atoms with Gasteiger partial charge in [-0.1, -0.05) is 12.1 Å². The fourth-order valence-electron chi connectivity index (χ4n) is 1.20. The highest BCUT2D eigenvalue weighted by molar-refractivity contribution is 7.89. The summed E-state index contributed by atoms with van der Waals surface area (Å²) in [4.78, 5) is 0. The molecule has 0 spiro atoms. The van der Waals surface area contributed by atoms with Crippen LogP contribution in [0.1, 0.15) is 6.92 Å². The Labute approximate surface area is 102 Å². The van der Waals surface area contributed by atoms with Crippen molar-refractivity contribution in [2.24, 2.45) is 0 Å². The number of nitrogens with one attached hydrogen (secondary N) is 1. The van der Waals surface area contributed by atoms with Crippen molar-refractivity contribution in [3.05, 3.63) is 24.3 Å². The van der Waals surface area contributed by atoms with Crippen LogP contribution >= 0.6 is 0 Å². The van der Waals surface area contributed by atoms with E-state index in [0.717, 1.165) is 0 Å². The van der Waals surface area contributed by atoms with E-state index in [1.165, 1.54) is 0 Å². The van der Waals surface area contributed by atoms with Gasteiger partial charge in [-0.25, -0.2) is 13.1 Å². The standard InChI is InChI=1S/C11H17NO4S/c1-3-17(13,14)12-8-9-16-11-7-5-4-6-10(11)15-2/h4-7,12H,3,8-9H2,1-2H3.